The molecule has 27 heavy (non-hydrogen) atoms. The molecule has 0 aliphatic carbocycles. The van der Waals surface area contributed by atoms with Crippen LogP contribution >= 0.6 is 35.7 Å². The number of thiocarbonyl (C=S) groups is 1. The van der Waals surface area contributed by atoms with E-state index in [0.717, 1.165) is 19.6 Å². The maximum Gasteiger partial charge on any atom is 0.446 e. The van der Waals surface area contributed by atoms with Gasteiger partial charge in [0.1, 0.15) is 4.32 Å². The Balaban J connectivity index is 1.61. The lowest BCUT2D eigenvalue weighted by molar-refractivity contribution is -0.122. The van der Waals surface area contributed by atoms with Crippen LogP contribution in [0.3, 0.4) is 0 Å². The molecule has 10 heteroatoms. The normalized spacial score (nSPS) is 20.7. The lowest BCUT2D eigenvalue weighted by Gasteiger charge is -2.28. The first kappa shape index (κ1) is 20.7. The third kappa shape index (κ3) is 5.95. The predicted molar refractivity (Wildman–Crippen MR) is 105 cm³/mol. The molecule has 0 aromatic heterocycles. The van der Waals surface area contributed by atoms with Crippen molar-refractivity contribution in [3.63, 3.8) is 0 Å². The zero-order valence-corrected chi connectivity index (χ0v) is 16.6. The van der Waals surface area contributed by atoms with Gasteiger partial charge in [0, 0.05) is 31.1 Å². The van der Waals surface area contributed by atoms with Crippen LogP contribution in [0, 0.1) is 0 Å². The zero-order valence-electron chi connectivity index (χ0n) is 14.2. The van der Waals surface area contributed by atoms with Gasteiger partial charge in [-0.1, -0.05) is 36.1 Å². The molecule has 4 nitrogen and oxygen atoms in total. The molecule has 2 aliphatic rings. The molecule has 1 amide bonds. The van der Waals surface area contributed by atoms with Crippen LogP contribution in [0.5, 0.6) is 0 Å². The molecule has 0 unspecified atom stereocenters. The Morgan fingerprint density at radius 3 is 2.48 bits per heavy atom. The summed E-state index contributed by atoms with van der Waals surface area (Å²) >= 11 is 6.37. The first-order valence-electron chi connectivity index (χ1n) is 8.23. The van der Waals surface area contributed by atoms with E-state index in [4.69, 9.17) is 17.0 Å². The van der Waals surface area contributed by atoms with E-state index in [0.29, 0.717) is 34.5 Å². The highest BCUT2D eigenvalue weighted by atomic mass is 32.2. The minimum absolute atomic E-state index is 0.109. The number of amides is 1. The minimum atomic E-state index is -4.32. The predicted octanol–water partition coefficient (Wildman–Crippen LogP) is 3.83. The number of ether oxygens (including phenoxy) is 1. The molecule has 0 spiro atoms. The molecule has 0 bridgehead atoms. The standard InChI is InChI=1S/C17H17F3N2O2S3/c18-17(19,20)27-13-3-1-12(2-4-13)11-14-15(23)22(16(25)26-14)6-5-21-7-9-24-10-8-21/h1-4,11H,5-10H2. The van der Waals surface area contributed by atoms with Crippen molar-refractivity contribution in [2.24, 2.45) is 0 Å². The van der Waals surface area contributed by atoms with Crippen molar-refractivity contribution in [1.29, 1.82) is 0 Å². The summed E-state index contributed by atoms with van der Waals surface area (Å²) in [4.78, 5) is 17.0. The lowest BCUT2D eigenvalue weighted by Crippen LogP contribution is -2.42. The van der Waals surface area contributed by atoms with Crippen LogP contribution in [0.25, 0.3) is 6.08 Å². The van der Waals surface area contributed by atoms with E-state index < -0.39 is 5.51 Å². The Morgan fingerprint density at radius 2 is 1.85 bits per heavy atom. The van der Waals surface area contributed by atoms with Gasteiger partial charge in [-0.05, 0) is 35.5 Å². The zero-order chi connectivity index (χ0) is 19.4. The maximum atomic E-state index is 12.6. The van der Waals surface area contributed by atoms with Gasteiger partial charge in [0.25, 0.3) is 5.91 Å². The average Bonchev–Trinajstić information content (AvgIpc) is 2.88. The summed E-state index contributed by atoms with van der Waals surface area (Å²) in [5, 5.41) is 0. The molecular formula is C17H17F3N2O2S3. The van der Waals surface area contributed by atoms with E-state index in [1.807, 2.05) is 0 Å². The Labute approximate surface area is 169 Å². The summed E-state index contributed by atoms with van der Waals surface area (Å²) in [5.41, 5.74) is -3.65. The molecule has 0 radical (unpaired) electrons. The van der Waals surface area contributed by atoms with Gasteiger partial charge in [-0.15, -0.1) is 0 Å². The average molecular weight is 435 g/mol. The number of nitrogens with zero attached hydrogens (tertiary/aromatic N) is 2. The summed E-state index contributed by atoms with van der Waals surface area (Å²) in [7, 11) is 0. The van der Waals surface area contributed by atoms with Crippen molar-refractivity contribution in [3.05, 3.63) is 34.7 Å². The van der Waals surface area contributed by atoms with E-state index in [-0.39, 0.29) is 22.6 Å². The summed E-state index contributed by atoms with van der Waals surface area (Å²) in [6.07, 6.45) is 1.66. The number of carbonyl (C=O) groups excluding carboxylic acids is 1. The summed E-state index contributed by atoms with van der Waals surface area (Å²) in [6.45, 7) is 4.32. The number of morpholine rings is 1. The molecule has 1 aromatic carbocycles. The van der Waals surface area contributed by atoms with Crippen LogP contribution in [0.4, 0.5) is 13.2 Å². The van der Waals surface area contributed by atoms with Gasteiger partial charge in [0.05, 0.1) is 18.1 Å². The fourth-order valence-corrected chi connectivity index (χ4v) is 4.52. The Kier molecular flexibility index (Phi) is 6.85. The van der Waals surface area contributed by atoms with E-state index in [2.05, 4.69) is 4.90 Å². The Bertz CT molecular complexity index is 732. The highest BCUT2D eigenvalue weighted by molar-refractivity contribution is 8.26. The van der Waals surface area contributed by atoms with Gasteiger partial charge in [-0.2, -0.15) is 13.2 Å². The number of thioether (sulfide) groups is 2. The molecule has 1 aromatic rings. The molecule has 0 atom stereocenters. The number of halogens is 3. The van der Waals surface area contributed by atoms with E-state index in [1.54, 1.807) is 23.1 Å². The van der Waals surface area contributed by atoms with Gasteiger partial charge in [-0.3, -0.25) is 14.6 Å². The first-order chi connectivity index (χ1) is 12.8. The number of benzene rings is 1. The van der Waals surface area contributed by atoms with Crippen molar-refractivity contribution in [2.45, 2.75) is 10.4 Å². The molecule has 3 rings (SSSR count). The molecule has 0 N–H and O–H groups in total. The van der Waals surface area contributed by atoms with Crippen molar-refractivity contribution < 1.29 is 22.7 Å². The number of alkyl halides is 3. The highest BCUT2D eigenvalue weighted by Crippen LogP contribution is 2.37. The SMILES string of the molecule is O=C1C(=Cc2ccc(SC(F)(F)F)cc2)SC(=S)N1CCN1CCOCC1. The lowest BCUT2D eigenvalue weighted by atomic mass is 10.2. The molecule has 2 aliphatic heterocycles. The number of carbonyl (C=O) groups is 1. The van der Waals surface area contributed by atoms with E-state index >= 15 is 0 Å². The summed E-state index contributed by atoms with van der Waals surface area (Å²) in [5.74, 6) is -0.160. The van der Waals surface area contributed by atoms with Crippen LogP contribution in [0.2, 0.25) is 0 Å². The van der Waals surface area contributed by atoms with Crippen molar-refractivity contribution in [2.75, 3.05) is 39.4 Å². The van der Waals surface area contributed by atoms with Crippen LogP contribution in [0.1, 0.15) is 5.56 Å². The van der Waals surface area contributed by atoms with Gasteiger partial charge in [0.2, 0.25) is 0 Å². The Morgan fingerprint density at radius 1 is 1.19 bits per heavy atom. The summed E-state index contributed by atoms with van der Waals surface area (Å²) in [6, 6.07) is 5.91. The second kappa shape index (κ2) is 8.95. The smallest absolute Gasteiger partial charge is 0.379 e. The van der Waals surface area contributed by atoms with Gasteiger partial charge < -0.3 is 4.74 Å². The van der Waals surface area contributed by atoms with Gasteiger partial charge in [-0.25, -0.2) is 0 Å². The monoisotopic (exact) mass is 434 g/mol. The first-order valence-corrected chi connectivity index (χ1v) is 10.3. The second-order valence-corrected chi connectivity index (χ2v) is 8.72. The quantitative estimate of drug-likeness (QED) is 0.398. The fourth-order valence-electron chi connectivity index (χ4n) is 2.68. The topological polar surface area (TPSA) is 32.8 Å². The third-order valence-corrected chi connectivity index (χ3v) is 6.15. The Hall–Kier alpha value is -1.07. The van der Waals surface area contributed by atoms with Gasteiger partial charge in [0.15, 0.2) is 0 Å². The molecule has 0 saturated carbocycles. The fraction of sp³-hybridized carbons (Fsp3) is 0.412. The van der Waals surface area contributed by atoms with E-state index in [9.17, 15) is 18.0 Å². The largest absolute Gasteiger partial charge is 0.446 e. The maximum absolute atomic E-state index is 12.6. The summed E-state index contributed by atoms with van der Waals surface area (Å²) < 4.78 is 43.0. The molecule has 2 fully saturated rings. The van der Waals surface area contributed by atoms with Crippen LogP contribution in [-0.4, -0.2) is 64.9 Å². The van der Waals surface area contributed by atoms with Gasteiger partial charge >= 0.3 is 5.51 Å². The third-order valence-electron chi connectivity index (χ3n) is 4.03. The number of hydrogen-bond donors (Lipinski definition) is 0. The van der Waals surface area contributed by atoms with Crippen LogP contribution in [-0.2, 0) is 9.53 Å². The molecular weight excluding hydrogens is 417 g/mol. The number of hydrogen-bond acceptors (Lipinski definition) is 6. The molecule has 2 saturated heterocycles. The van der Waals surface area contributed by atoms with Crippen LogP contribution < -0.4 is 0 Å². The van der Waals surface area contributed by atoms with Crippen LogP contribution in [0.15, 0.2) is 34.1 Å². The van der Waals surface area contributed by atoms with Crippen molar-refractivity contribution in [3.8, 4) is 0 Å². The second-order valence-electron chi connectivity index (χ2n) is 5.90. The number of rotatable bonds is 5. The van der Waals surface area contributed by atoms with E-state index in [1.165, 1.54) is 23.9 Å². The van der Waals surface area contributed by atoms with Crippen molar-refractivity contribution >= 4 is 52.0 Å². The highest BCUT2D eigenvalue weighted by Gasteiger charge is 2.32. The van der Waals surface area contributed by atoms with Crippen molar-refractivity contribution in [1.82, 2.24) is 9.80 Å². The molecule has 146 valence electrons. The molecule has 2 heterocycles. The minimum Gasteiger partial charge on any atom is -0.379 e.